The lowest BCUT2D eigenvalue weighted by atomic mass is 10.0. The molecule has 0 aliphatic rings. The van der Waals surface area contributed by atoms with Crippen LogP contribution in [0.3, 0.4) is 0 Å². The molecule has 0 rings (SSSR count). The first kappa shape index (κ1) is 52.0. The SMILES string of the molecule is CCCCCCCCC/C=C\CCCCCCCCCC(=O)NC(COP(=O)(O)OCCN)C(O)/C=C/CCCCCCCCCCCCCCCC. The maximum atomic E-state index is 12.8. The molecule has 0 aromatic heterocycles. The molecule has 314 valence electrons. The van der Waals surface area contributed by atoms with Crippen molar-refractivity contribution in [3.8, 4) is 0 Å². The molecule has 0 bridgehead atoms. The third kappa shape index (κ3) is 39.0. The quantitative estimate of drug-likeness (QED) is 0.0276. The summed E-state index contributed by atoms with van der Waals surface area (Å²) in [5.74, 6) is -0.197. The van der Waals surface area contributed by atoms with Gasteiger partial charge in [-0.25, -0.2) is 4.57 Å². The normalized spacial score (nSPS) is 14.3. The van der Waals surface area contributed by atoms with Gasteiger partial charge in [0.05, 0.1) is 25.4 Å². The molecular formula is C44H87N2O6P. The van der Waals surface area contributed by atoms with Crippen LogP contribution in [-0.4, -0.2) is 47.8 Å². The lowest BCUT2D eigenvalue weighted by molar-refractivity contribution is -0.123. The van der Waals surface area contributed by atoms with E-state index in [1.165, 1.54) is 161 Å². The molecule has 9 heteroatoms. The minimum absolute atomic E-state index is 0.0788. The first-order valence-electron chi connectivity index (χ1n) is 22.5. The maximum absolute atomic E-state index is 12.8. The fourth-order valence-electron chi connectivity index (χ4n) is 6.60. The summed E-state index contributed by atoms with van der Waals surface area (Å²) in [6.45, 7) is 4.14. The molecule has 0 aliphatic carbocycles. The summed E-state index contributed by atoms with van der Waals surface area (Å²) in [5.41, 5.74) is 5.37. The van der Waals surface area contributed by atoms with E-state index in [9.17, 15) is 19.4 Å². The Hall–Kier alpha value is -1.02. The minimum atomic E-state index is -4.34. The number of carbonyl (C=O) groups excluding carboxylic acids is 1. The number of hydrogen-bond acceptors (Lipinski definition) is 6. The molecule has 5 N–H and O–H groups in total. The molecule has 53 heavy (non-hydrogen) atoms. The fraction of sp³-hybridized carbons (Fsp3) is 0.886. The summed E-state index contributed by atoms with van der Waals surface area (Å²) in [7, 11) is -4.34. The molecule has 1 amide bonds. The molecule has 3 unspecified atom stereocenters. The third-order valence-electron chi connectivity index (χ3n) is 10.0. The van der Waals surface area contributed by atoms with Gasteiger partial charge in [0.15, 0.2) is 0 Å². The number of phosphoric acid groups is 1. The Balaban J connectivity index is 4.19. The van der Waals surface area contributed by atoms with E-state index in [1.807, 2.05) is 6.08 Å². The highest BCUT2D eigenvalue weighted by Crippen LogP contribution is 2.43. The lowest BCUT2D eigenvalue weighted by Crippen LogP contribution is -2.45. The average Bonchev–Trinajstić information content (AvgIpc) is 3.14. The maximum Gasteiger partial charge on any atom is 0.472 e. The average molecular weight is 771 g/mol. The van der Waals surface area contributed by atoms with E-state index in [4.69, 9.17) is 14.8 Å². The Bertz CT molecular complexity index is 886. The molecule has 0 heterocycles. The number of nitrogens with two attached hydrogens (primary N) is 1. The second-order valence-corrected chi connectivity index (χ2v) is 16.7. The van der Waals surface area contributed by atoms with E-state index in [0.717, 1.165) is 38.5 Å². The van der Waals surface area contributed by atoms with Gasteiger partial charge in [-0.15, -0.1) is 0 Å². The van der Waals surface area contributed by atoms with E-state index in [0.29, 0.717) is 6.42 Å². The van der Waals surface area contributed by atoms with Crippen LogP contribution in [0, 0.1) is 0 Å². The van der Waals surface area contributed by atoms with Crippen LogP contribution in [-0.2, 0) is 18.4 Å². The second-order valence-electron chi connectivity index (χ2n) is 15.3. The molecule has 0 aromatic rings. The van der Waals surface area contributed by atoms with E-state index >= 15 is 0 Å². The molecule has 0 fully saturated rings. The highest BCUT2D eigenvalue weighted by molar-refractivity contribution is 7.47. The number of allylic oxidation sites excluding steroid dienone is 3. The van der Waals surface area contributed by atoms with Crippen LogP contribution in [0.1, 0.15) is 219 Å². The zero-order chi connectivity index (χ0) is 38.9. The van der Waals surface area contributed by atoms with Crippen LogP contribution in [0.2, 0.25) is 0 Å². The Labute approximate surface area is 327 Å². The van der Waals surface area contributed by atoms with Crippen molar-refractivity contribution in [2.45, 2.75) is 231 Å². The van der Waals surface area contributed by atoms with Crippen LogP contribution in [0.15, 0.2) is 24.3 Å². The number of phosphoric ester groups is 1. The van der Waals surface area contributed by atoms with Crippen LogP contribution in [0.4, 0.5) is 0 Å². The number of nitrogens with one attached hydrogen (secondary N) is 1. The smallest absolute Gasteiger partial charge is 0.387 e. The Morgan fingerprint density at radius 3 is 1.40 bits per heavy atom. The highest BCUT2D eigenvalue weighted by Gasteiger charge is 2.26. The van der Waals surface area contributed by atoms with Crippen molar-refractivity contribution < 1.29 is 28.4 Å². The second kappa shape index (κ2) is 40.6. The number of carbonyl (C=O) groups is 1. The van der Waals surface area contributed by atoms with Crippen molar-refractivity contribution in [1.29, 1.82) is 0 Å². The van der Waals surface area contributed by atoms with Crippen LogP contribution < -0.4 is 11.1 Å². The van der Waals surface area contributed by atoms with Gasteiger partial charge < -0.3 is 21.1 Å². The van der Waals surface area contributed by atoms with Gasteiger partial charge in [0.2, 0.25) is 5.91 Å². The number of amides is 1. The van der Waals surface area contributed by atoms with E-state index in [-0.39, 0.29) is 25.7 Å². The predicted molar refractivity (Wildman–Crippen MR) is 226 cm³/mol. The molecule has 3 atom stereocenters. The van der Waals surface area contributed by atoms with Crippen LogP contribution >= 0.6 is 7.82 Å². The first-order valence-corrected chi connectivity index (χ1v) is 24.0. The minimum Gasteiger partial charge on any atom is -0.387 e. The summed E-state index contributed by atoms with van der Waals surface area (Å²) in [6, 6.07) is -0.860. The number of rotatable bonds is 42. The fourth-order valence-corrected chi connectivity index (χ4v) is 7.36. The van der Waals surface area contributed by atoms with Gasteiger partial charge >= 0.3 is 7.82 Å². The predicted octanol–water partition coefficient (Wildman–Crippen LogP) is 12.6. The molecule has 0 radical (unpaired) electrons. The number of hydrogen-bond donors (Lipinski definition) is 4. The molecular weight excluding hydrogens is 683 g/mol. The van der Waals surface area contributed by atoms with Gasteiger partial charge in [0.1, 0.15) is 0 Å². The van der Waals surface area contributed by atoms with Gasteiger partial charge in [-0.3, -0.25) is 13.8 Å². The largest absolute Gasteiger partial charge is 0.472 e. The molecule has 0 aliphatic heterocycles. The topological polar surface area (TPSA) is 131 Å². The standard InChI is InChI=1S/C44H87N2O6P/c1-3-5-7-9-11-13-15-17-19-21-22-24-26-28-30-32-34-36-38-44(48)46-42(41-52-53(49,50)51-40-39-45)43(47)37-35-33-31-29-27-25-23-20-18-16-14-12-10-8-6-4-2/h19,21,35,37,42-43,47H,3-18,20,22-34,36,38-41,45H2,1-2H3,(H,46,48)(H,49,50)/b21-19-,37-35+. The number of unbranched alkanes of at least 4 members (excludes halogenated alkanes) is 28. The Morgan fingerprint density at radius 1 is 0.604 bits per heavy atom. The summed E-state index contributed by atoms with van der Waals surface area (Å²) >= 11 is 0. The third-order valence-corrected chi connectivity index (χ3v) is 11.0. The lowest BCUT2D eigenvalue weighted by Gasteiger charge is -2.23. The van der Waals surface area contributed by atoms with Gasteiger partial charge in [-0.2, -0.15) is 0 Å². The summed E-state index contributed by atoms with van der Waals surface area (Å²) in [4.78, 5) is 22.7. The van der Waals surface area contributed by atoms with E-state index in [1.54, 1.807) is 6.08 Å². The van der Waals surface area contributed by atoms with Gasteiger partial charge in [-0.05, 0) is 44.9 Å². The summed E-state index contributed by atoms with van der Waals surface area (Å²) in [5, 5.41) is 13.7. The molecule has 0 saturated heterocycles. The molecule has 8 nitrogen and oxygen atoms in total. The van der Waals surface area contributed by atoms with Crippen LogP contribution in [0.5, 0.6) is 0 Å². The molecule has 0 saturated carbocycles. The Morgan fingerprint density at radius 2 is 0.981 bits per heavy atom. The van der Waals surface area contributed by atoms with Crippen molar-refractivity contribution in [2.75, 3.05) is 19.8 Å². The van der Waals surface area contributed by atoms with Gasteiger partial charge in [0.25, 0.3) is 0 Å². The zero-order valence-electron chi connectivity index (χ0n) is 34.8. The molecule has 0 spiro atoms. The van der Waals surface area contributed by atoms with Crippen molar-refractivity contribution >= 4 is 13.7 Å². The summed E-state index contributed by atoms with van der Waals surface area (Å²) in [6.07, 6.45) is 46.5. The van der Waals surface area contributed by atoms with Crippen molar-refractivity contribution in [1.82, 2.24) is 5.32 Å². The van der Waals surface area contributed by atoms with E-state index in [2.05, 4.69) is 31.3 Å². The van der Waals surface area contributed by atoms with Gasteiger partial charge in [0, 0.05) is 13.0 Å². The Kier molecular flexibility index (Phi) is 39.9. The van der Waals surface area contributed by atoms with Crippen molar-refractivity contribution in [3.63, 3.8) is 0 Å². The first-order chi connectivity index (χ1) is 25.9. The zero-order valence-corrected chi connectivity index (χ0v) is 35.7. The number of aliphatic hydroxyl groups is 1. The van der Waals surface area contributed by atoms with E-state index < -0.39 is 20.0 Å². The monoisotopic (exact) mass is 771 g/mol. The van der Waals surface area contributed by atoms with Crippen molar-refractivity contribution in [3.05, 3.63) is 24.3 Å². The highest BCUT2D eigenvalue weighted by atomic mass is 31.2. The number of aliphatic hydroxyl groups excluding tert-OH is 1. The molecule has 0 aromatic carbocycles. The summed E-state index contributed by atoms with van der Waals surface area (Å²) < 4.78 is 22.1. The van der Waals surface area contributed by atoms with Crippen molar-refractivity contribution in [2.24, 2.45) is 5.73 Å². The van der Waals surface area contributed by atoms with Gasteiger partial charge in [-0.1, -0.05) is 192 Å². The van der Waals surface area contributed by atoms with Crippen LogP contribution in [0.25, 0.3) is 0 Å².